The van der Waals surface area contributed by atoms with Crippen molar-refractivity contribution >= 4 is 15.8 Å². The average molecular weight is 230 g/mol. The van der Waals surface area contributed by atoms with E-state index in [2.05, 4.69) is 20.0 Å². The van der Waals surface area contributed by atoms with Gasteiger partial charge in [-0.25, -0.2) is 23.1 Å². The van der Waals surface area contributed by atoms with Gasteiger partial charge in [0.25, 0.3) is 0 Å². The predicted molar refractivity (Wildman–Crippen MR) is 58.1 cm³/mol. The van der Waals surface area contributed by atoms with Crippen molar-refractivity contribution in [3.05, 3.63) is 18.1 Å². The first-order valence-corrected chi connectivity index (χ1v) is 6.12. The molecule has 0 aliphatic heterocycles. The second kappa shape index (κ2) is 5.04. The second-order valence-corrected chi connectivity index (χ2v) is 5.04. The summed E-state index contributed by atoms with van der Waals surface area (Å²) in [6.45, 7) is 2.16. The lowest BCUT2D eigenvalue weighted by Crippen LogP contribution is -2.26. The fourth-order valence-corrected chi connectivity index (χ4v) is 1.54. The summed E-state index contributed by atoms with van der Waals surface area (Å²) in [5.41, 5.74) is 0.837. The van der Waals surface area contributed by atoms with E-state index in [0.29, 0.717) is 12.4 Å². The molecule has 0 aromatic carbocycles. The smallest absolute Gasteiger partial charge is 0.213 e. The number of hydrogen-bond acceptors (Lipinski definition) is 5. The monoisotopic (exact) mass is 230 g/mol. The molecule has 1 heterocycles. The van der Waals surface area contributed by atoms with Gasteiger partial charge in [0.15, 0.2) is 0 Å². The molecule has 0 radical (unpaired) electrons. The number of nitrogens with zero attached hydrogens (tertiary/aromatic N) is 2. The molecule has 15 heavy (non-hydrogen) atoms. The van der Waals surface area contributed by atoms with Gasteiger partial charge in [0.2, 0.25) is 10.0 Å². The molecular weight excluding hydrogens is 216 g/mol. The zero-order valence-electron chi connectivity index (χ0n) is 8.69. The Labute approximate surface area is 89.2 Å². The van der Waals surface area contributed by atoms with E-state index in [1.165, 1.54) is 13.4 Å². The van der Waals surface area contributed by atoms with E-state index in [4.69, 9.17) is 0 Å². The number of aromatic nitrogens is 2. The van der Waals surface area contributed by atoms with Gasteiger partial charge in [0.1, 0.15) is 12.1 Å². The van der Waals surface area contributed by atoms with Gasteiger partial charge >= 0.3 is 0 Å². The summed E-state index contributed by atoms with van der Waals surface area (Å²) in [4.78, 5) is 7.88. The fourth-order valence-electron chi connectivity index (χ4n) is 0.967. The molecule has 7 heteroatoms. The van der Waals surface area contributed by atoms with Gasteiger partial charge in [-0.2, -0.15) is 0 Å². The normalized spacial score (nSPS) is 11.3. The molecule has 1 rings (SSSR count). The molecule has 1 aromatic heterocycles. The van der Waals surface area contributed by atoms with E-state index in [-0.39, 0.29) is 5.75 Å². The maximum absolute atomic E-state index is 11.1. The van der Waals surface area contributed by atoms with E-state index >= 15 is 0 Å². The van der Waals surface area contributed by atoms with Gasteiger partial charge in [-0.1, -0.05) is 0 Å². The van der Waals surface area contributed by atoms with Crippen LogP contribution in [0.1, 0.15) is 5.69 Å². The van der Waals surface area contributed by atoms with Crippen LogP contribution in [0.5, 0.6) is 0 Å². The third-order valence-electron chi connectivity index (χ3n) is 1.79. The van der Waals surface area contributed by atoms with Crippen molar-refractivity contribution in [1.29, 1.82) is 0 Å². The summed E-state index contributed by atoms with van der Waals surface area (Å²) in [5.74, 6) is 0.654. The molecule has 0 amide bonds. The van der Waals surface area contributed by atoms with Gasteiger partial charge in [0, 0.05) is 18.3 Å². The number of hydrogen-bond donors (Lipinski definition) is 2. The van der Waals surface area contributed by atoms with Crippen molar-refractivity contribution in [2.24, 2.45) is 0 Å². The molecule has 0 aliphatic carbocycles. The van der Waals surface area contributed by atoms with Crippen molar-refractivity contribution in [3.8, 4) is 0 Å². The largest absolute Gasteiger partial charge is 0.369 e. The quantitative estimate of drug-likeness (QED) is 0.728. The van der Waals surface area contributed by atoms with Crippen LogP contribution in [0.3, 0.4) is 0 Å². The van der Waals surface area contributed by atoms with Crippen molar-refractivity contribution in [3.63, 3.8) is 0 Å². The molecule has 0 fully saturated rings. The predicted octanol–water partition coefficient (Wildman–Crippen LogP) is -0.254. The van der Waals surface area contributed by atoms with E-state index in [1.54, 1.807) is 6.07 Å². The topological polar surface area (TPSA) is 84.0 Å². The Kier molecular flexibility index (Phi) is 3.98. The van der Waals surface area contributed by atoms with Gasteiger partial charge in [-0.05, 0) is 14.0 Å². The molecular formula is C8H14N4O2S. The summed E-state index contributed by atoms with van der Waals surface area (Å²) < 4.78 is 24.4. The van der Waals surface area contributed by atoms with Gasteiger partial charge < -0.3 is 5.32 Å². The zero-order valence-corrected chi connectivity index (χ0v) is 9.50. The number of anilines is 1. The van der Waals surface area contributed by atoms with Crippen LogP contribution < -0.4 is 10.0 Å². The number of nitrogens with one attached hydrogen (secondary N) is 2. The minimum Gasteiger partial charge on any atom is -0.369 e. The lowest BCUT2D eigenvalue weighted by Gasteiger charge is -2.05. The number of aryl methyl sites for hydroxylation is 1. The summed E-state index contributed by atoms with van der Waals surface area (Å²) in [6, 6.07) is 1.76. The van der Waals surface area contributed by atoms with Gasteiger partial charge in [-0.15, -0.1) is 0 Å². The highest BCUT2D eigenvalue weighted by Gasteiger charge is 2.05. The number of rotatable bonds is 5. The second-order valence-electron chi connectivity index (χ2n) is 2.99. The highest BCUT2D eigenvalue weighted by atomic mass is 32.2. The van der Waals surface area contributed by atoms with Crippen LogP contribution in [-0.2, 0) is 10.0 Å². The Morgan fingerprint density at radius 3 is 2.73 bits per heavy atom. The van der Waals surface area contributed by atoms with Gasteiger partial charge in [0.05, 0.1) is 5.75 Å². The third-order valence-corrected chi connectivity index (χ3v) is 3.16. The maximum atomic E-state index is 11.1. The Hall–Kier alpha value is -1.21. The summed E-state index contributed by atoms with van der Waals surface area (Å²) in [7, 11) is -1.76. The average Bonchev–Trinajstić information content (AvgIpc) is 2.18. The molecule has 0 atom stereocenters. The Bertz CT molecular complexity index is 418. The maximum Gasteiger partial charge on any atom is 0.213 e. The fraction of sp³-hybridized carbons (Fsp3) is 0.500. The van der Waals surface area contributed by atoms with Crippen molar-refractivity contribution in [1.82, 2.24) is 14.7 Å². The Morgan fingerprint density at radius 2 is 2.13 bits per heavy atom. The Balaban J connectivity index is 2.45. The van der Waals surface area contributed by atoms with Crippen molar-refractivity contribution in [2.45, 2.75) is 6.92 Å². The molecule has 2 N–H and O–H groups in total. The molecule has 84 valence electrons. The SMILES string of the molecule is CNS(=O)(=O)CCNc1cc(C)ncn1. The van der Waals surface area contributed by atoms with Crippen LogP contribution in [0.4, 0.5) is 5.82 Å². The minimum absolute atomic E-state index is 0.0204. The van der Waals surface area contributed by atoms with E-state index in [9.17, 15) is 8.42 Å². The molecule has 6 nitrogen and oxygen atoms in total. The van der Waals surface area contributed by atoms with E-state index in [0.717, 1.165) is 5.69 Å². The van der Waals surface area contributed by atoms with Crippen LogP contribution in [0.25, 0.3) is 0 Å². The van der Waals surface area contributed by atoms with Crippen LogP contribution >= 0.6 is 0 Å². The lowest BCUT2D eigenvalue weighted by atomic mass is 10.4. The van der Waals surface area contributed by atoms with Crippen LogP contribution in [0, 0.1) is 6.92 Å². The first-order valence-electron chi connectivity index (χ1n) is 4.47. The minimum atomic E-state index is -3.16. The van der Waals surface area contributed by atoms with E-state index < -0.39 is 10.0 Å². The van der Waals surface area contributed by atoms with Crippen molar-refractivity contribution in [2.75, 3.05) is 24.7 Å². The third kappa shape index (κ3) is 4.22. The summed E-state index contributed by atoms with van der Waals surface area (Å²) in [6.07, 6.45) is 1.43. The van der Waals surface area contributed by atoms with Gasteiger partial charge in [-0.3, -0.25) is 0 Å². The Morgan fingerprint density at radius 1 is 1.40 bits per heavy atom. The van der Waals surface area contributed by atoms with Crippen LogP contribution in [-0.4, -0.2) is 37.7 Å². The number of sulfonamides is 1. The molecule has 0 saturated heterocycles. The highest BCUT2D eigenvalue weighted by molar-refractivity contribution is 7.89. The van der Waals surface area contributed by atoms with Crippen LogP contribution in [0.2, 0.25) is 0 Å². The lowest BCUT2D eigenvalue weighted by molar-refractivity contribution is 0.588. The molecule has 0 aliphatic rings. The highest BCUT2D eigenvalue weighted by Crippen LogP contribution is 2.01. The molecule has 0 bridgehead atoms. The standard InChI is InChI=1S/C8H14N4O2S/c1-7-5-8(12-6-11-7)10-3-4-15(13,14)9-2/h5-6,9H,3-4H2,1-2H3,(H,10,11,12). The van der Waals surface area contributed by atoms with Crippen molar-refractivity contribution < 1.29 is 8.42 Å². The first-order chi connectivity index (χ1) is 7.03. The summed E-state index contributed by atoms with van der Waals surface area (Å²) >= 11 is 0. The van der Waals surface area contributed by atoms with E-state index in [1.807, 2.05) is 6.92 Å². The summed E-state index contributed by atoms with van der Waals surface area (Å²) in [5, 5.41) is 2.91. The van der Waals surface area contributed by atoms with Crippen LogP contribution in [0.15, 0.2) is 12.4 Å². The zero-order chi connectivity index (χ0) is 11.3. The molecule has 0 saturated carbocycles. The molecule has 1 aromatic rings. The first kappa shape index (κ1) is 11.9. The molecule has 0 spiro atoms. The molecule has 0 unspecified atom stereocenters.